The number of nitrogens with zero attached hydrogens (tertiary/aromatic N) is 3. The second-order valence-corrected chi connectivity index (χ2v) is 6.57. The summed E-state index contributed by atoms with van der Waals surface area (Å²) in [6.45, 7) is 9.64. The van der Waals surface area contributed by atoms with Gasteiger partial charge in [-0.05, 0) is 38.0 Å². The average molecular weight is 412 g/mol. The number of carbonyl (C=O) groups is 2. The molecule has 2 amide bonds. The summed E-state index contributed by atoms with van der Waals surface area (Å²) in [5.74, 6) is -0.153. The minimum atomic E-state index is -0.808. The molecule has 0 aliphatic rings. The molecule has 1 aromatic heterocycles. The lowest BCUT2D eigenvalue weighted by Crippen LogP contribution is -2.47. The zero-order chi connectivity index (χ0) is 22.1. The molecule has 0 fully saturated rings. The molecule has 0 saturated heterocycles. The van der Waals surface area contributed by atoms with Gasteiger partial charge in [-0.25, -0.2) is 9.75 Å². The number of nitrogens with one attached hydrogen (secondary N) is 1. The Morgan fingerprint density at radius 1 is 1.30 bits per heavy atom. The molecule has 8 heteroatoms. The van der Waals surface area contributed by atoms with Crippen molar-refractivity contribution in [3.63, 3.8) is 0 Å². The lowest BCUT2D eigenvalue weighted by molar-refractivity contribution is -0.170. The fourth-order valence-electron chi connectivity index (χ4n) is 2.75. The van der Waals surface area contributed by atoms with Crippen molar-refractivity contribution in [3.05, 3.63) is 67.0 Å². The summed E-state index contributed by atoms with van der Waals surface area (Å²) in [7, 11) is 2.87. The zero-order valence-electron chi connectivity index (χ0n) is 17.6. The average Bonchev–Trinajstić information content (AvgIpc) is 3.14. The Morgan fingerprint density at radius 2 is 2.07 bits per heavy atom. The molecule has 0 bridgehead atoms. The molecular weight excluding hydrogens is 384 g/mol. The monoisotopic (exact) mass is 412 g/mol. The first kappa shape index (κ1) is 22.9. The summed E-state index contributed by atoms with van der Waals surface area (Å²) in [6, 6.07) is 8.15. The quantitative estimate of drug-likeness (QED) is 0.348. The molecule has 1 N–H and O–H groups in total. The van der Waals surface area contributed by atoms with E-state index in [1.54, 1.807) is 31.2 Å². The highest BCUT2D eigenvalue weighted by molar-refractivity contribution is 5.96. The van der Waals surface area contributed by atoms with Gasteiger partial charge >= 0.3 is 0 Å². The van der Waals surface area contributed by atoms with E-state index in [0.717, 1.165) is 11.5 Å². The van der Waals surface area contributed by atoms with E-state index in [1.165, 1.54) is 18.8 Å². The molecule has 0 saturated carbocycles. The Balaban J connectivity index is 2.28. The van der Waals surface area contributed by atoms with Crippen LogP contribution in [-0.2, 0) is 9.63 Å². The Bertz CT molecular complexity index is 906. The fraction of sp³-hybridized carbons (Fsp3) is 0.318. The minimum absolute atomic E-state index is 0.262. The number of rotatable bonds is 11. The van der Waals surface area contributed by atoms with Crippen molar-refractivity contribution in [1.29, 1.82) is 0 Å². The smallest absolute Gasteiger partial charge is 0.270 e. The second-order valence-electron chi connectivity index (χ2n) is 6.57. The molecule has 0 aliphatic carbocycles. The van der Waals surface area contributed by atoms with E-state index in [9.17, 15) is 9.59 Å². The van der Waals surface area contributed by atoms with Crippen molar-refractivity contribution < 1.29 is 19.2 Å². The summed E-state index contributed by atoms with van der Waals surface area (Å²) >= 11 is 0. The van der Waals surface area contributed by atoms with E-state index in [4.69, 9.17) is 9.57 Å². The van der Waals surface area contributed by atoms with Gasteiger partial charge in [0.1, 0.15) is 17.5 Å². The molecule has 1 atom stereocenters. The first-order valence-electron chi connectivity index (χ1n) is 9.55. The van der Waals surface area contributed by atoms with Crippen LogP contribution in [0.15, 0.2) is 55.6 Å². The summed E-state index contributed by atoms with van der Waals surface area (Å²) < 4.78 is 7.22. The lowest BCUT2D eigenvalue weighted by Gasteiger charge is -2.22. The predicted molar refractivity (Wildman–Crippen MR) is 114 cm³/mol. The van der Waals surface area contributed by atoms with Crippen molar-refractivity contribution in [2.24, 2.45) is 0 Å². The summed E-state index contributed by atoms with van der Waals surface area (Å²) in [5.41, 5.74) is 1.64. The Labute approximate surface area is 176 Å². The number of likely N-dealkylation sites (N-methyl/N-ethyl adjacent to an activating group) is 1. The molecule has 0 radical (unpaired) electrons. The molecule has 160 valence electrons. The normalized spacial score (nSPS) is 11.4. The number of amides is 2. The topological polar surface area (TPSA) is 85.7 Å². The highest BCUT2D eigenvalue weighted by atomic mass is 16.7. The third-order valence-corrected chi connectivity index (χ3v) is 4.31. The highest BCUT2D eigenvalue weighted by Gasteiger charge is 2.25. The van der Waals surface area contributed by atoms with E-state index in [1.807, 2.05) is 18.2 Å². The molecular formula is C22H28N4O4. The van der Waals surface area contributed by atoms with Crippen LogP contribution in [0.2, 0.25) is 0 Å². The van der Waals surface area contributed by atoms with E-state index in [2.05, 4.69) is 23.6 Å². The van der Waals surface area contributed by atoms with Crippen molar-refractivity contribution in [2.75, 3.05) is 20.8 Å². The highest BCUT2D eigenvalue weighted by Crippen LogP contribution is 2.19. The van der Waals surface area contributed by atoms with Crippen LogP contribution in [0.3, 0.4) is 0 Å². The number of benzene rings is 1. The minimum Gasteiger partial charge on any atom is -0.493 e. The largest absolute Gasteiger partial charge is 0.493 e. The van der Waals surface area contributed by atoms with Crippen LogP contribution in [0.5, 0.6) is 5.75 Å². The number of aromatic nitrogens is 2. The molecule has 8 nitrogen and oxygen atoms in total. The number of carbonyl (C=O) groups excluding carboxylic acids is 2. The Kier molecular flexibility index (Phi) is 8.37. The zero-order valence-corrected chi connectivity index (χ0v) is 17.6. The molecule has 1 heterocycles. The first-order valence-corrected chi connectivity index (χ1v) is 9.55. The van der Waals surface area contributed by atoms with Gasteiger partial charge in [-0.1, -0.05) is 18.2 Å². The van der Waals surface area contributed by atoms with Crippen molar-refractivity contribution >= 4 is 11.8 Å². The van der Waals surface area contributed by atoms with Crippen molar-refractivity contribution in [1.82, 2.24) is 20.2 Å². The van der Waals surface area contributed by atoms with E-state index in [0.29, 0.717) is 29.4 Å². The van der Waals surface area contributed by atoms with E-state index >= 15 is 0 Å². The predicted octanol–water partition coefficient (Wildman–Crippen LogP) is 2.83. The molecule has 2 rings (SSSR count). The Morgan fingerprint density at radius 3 is 2.73 bits per heavy atom. The maximum Gasteiger partial charge on any atom is 0.270 e. The van der Waals surface area contributed by atoms with Crippen LogP contribution in [0, 0.1) is 6.92 Å². The van der Waals surface area contributed by atoms with Crippen molar-refractivity contribution in [3.8, 4) is 11.4 Å². The van der Waals surface area contributed by atoms with Crippen LogP contribution in [0.4, 0.5) is 0 Å². The molecule has 0 unspecified atom stereocenters. The van der Waals surface area contributed by atoms with Gasteiger partial charge in [-0.15, -0.1) is 13.2 Å². The fourth-order valence-corrected chi connectivity index (χ4v) is 2.75. The first-order chi connectivity index (χ1) is 14.4. The van der Waals surface area contributed by atoms with Gasteiger partial charge in [0.2, 0.25) is 0 Å². The molecule has 1 aromatic carbocycles. The Hall–Kier alpha value is -3.39. The lowest BCUT2D eigenvalue weighted by atomic mass is 10.1. The number of hydrogen-bond acceptors (Lipinski definition) is 5. The van der Waals surface area contributed by atoms with Gasteiger partial charge in [0.25, 0.3) is 11.8 Å². The summed E-state index contributed by atoms with van der Waals surface area (Å²) in [4.78, 5) is 30.4. The van der Waals surface area contributed by atoms with E-state index in [-0.39, 0.29) is 12.3 Å². The summed E-state index contributed by atoms with van der Waals surface area (Å²) in [5, 5.41) is 8.25. The standard InChI is InChI=1S/C22H28N4O4/c1-6-8-13-30-18-12-9-11-17(15-18)26-20(14-16(3)24-26)21(27)23-19(10-7-2)22(28)25(4)29-5/h6-7,9,11-12,14-15,19H,1-2,8,10,13H2,3-5H3,(H,23,27)/t19-/m0/s1. The molecule has 30 heavy (non-hydrogen) atoms. The maximum absolute atomic E-state index is 13.0. The third kappa shape index (κ3) is 5.81. The van der Waals surface area contributed by atoms with Crippen LogP contribution >= 0.6 is 0 Å². The second kappa shape index (κ2) is 11.0. The van der Waals surface area contributed by atoms with Crippen LogP contribution in [0.25, 0.3) is 5.69 Å². The van der Waals surface area contributed by atoms with Gasteiger partial charge in [0.05, 0.1) is 25.1 Å². The number of hydroxylamine groups is 2. The van der Waals surface area contributed by atoms with Gasteiger partial charge in [0, 0.05) is 13.1 Å². The molecule has 0 aliphatic heterocycles. The van der Waals surface area contributed by atoms with Gasteiger partial charge in [-0.2, -0.15) is 5.10 Å². The summed E-state index contributed by atoms with van der Waals surface area (Å²) in [6.07, 6.45) is 4.34. The van der Waals surface area contributed by atoms with Crippen LogP contribution < -0.4 is 10.1 Å². The maximum atomic E-state index is 13.0. The van der Waals surface area contributed by atoms with Gasteiger partial charge in [0.15, 0.2) is 0 Å². The SMILES string of the molecule is C=CCCOc1cccc(-n2nc(C)cc2C(=O)N[C@@H](CC=C)C(=O)N(C)OC)c1. The third-order valence-electron chi connectivity index (χ3n) is 4.31. The van der Waals surface area contributed by atoms with Crippen LogP contribution in [0.1, 0.15) is 29.0 Å². The van der Waals surface area contributed by atoms with Crippen LogP contribution in [-0.4, -0.2) is 53.5 Å². The van der Waals surface area contributed by atoms with E-state index < -0.39 is 11.9 Å². The number of hydrogen-bond donors (Lipinski definition) is 1. The van der Waals surface area contributed by atoms with Crippen molar-refractivity contribution in [2.45, 2.75) is 25.8 Å². The van der Waals surface area contributed by atoms with Gasteiger partial charge in [-0.3, -0.25) is 14.4 Å². The number of aryl methyl sites for hydroxylation is 1. The molecule has 2 aromatic rings. The number of ether oxygens (including phenoxy) is 1. The molecule has 0 spiro atoms. The van der Waals surface area contributed by atoms with Gasteiger partial charge < -0.3 is 10.1 Å².